The van der Waals surface area contributed by atoms with Gasteiger partial charge in [0.1, 0.15) is 0 Å². The second-order valence-corrected chi connectivity index (χ2v) is 6.77. The second kappa shape index (κ2) is 8.63. The van der Waals surface area contributed by atoms with Crippen LogP contribution >= 0.6 is 0 Å². The molecule has 1 N–H and O–H groups in total. The Kier molecular flexibility index (Phi) is 5.59. The van der Waals surface area contributed by atoms with E-state index in [1.165, 1.54) is 0 Å². The molecular weight excluding hydrogens is 364 g/mol. The van der Waals surface area contributed by atoms with Gasteiger partial charge in [0.15, 0.2) is 5.76 Å². The average molecular weight is 386 g/mol. The second-order valence-electron chi connectivity index (χ2n) is 6.77. The first-order valence-corrected chi connectivity index (χ1v) is 9.48. The molecule has 1 heterocycles. The van der Waals surface area contributed by atoms with E-state index in [9.17, 15) is 4.79 Å². The number of hydroxylamine groups is 1. The molecule has 0 radical (unpaired) electrons. The zero-order valence-corrected chi connectivity index (χ0v) is 16.1. The van der Waals surface area contributed by atoms with Crippen LogP contribution in [0, 0.1) is 0 Å². The van der Waals surface area contributed by atoms with E-state index < -0.39 is 12.2 Å². The summed E-state index contributed by atoms with van der Waals surface area (Å²) in [7, 11) is 0. The van der Waals surface area contributed by atoms with Crippen molar-refractivity contribution >= 4 is 17.3 Å². The lowest BCUT2D eigenvalue weighted by molar-refractivity contribution is 0.0150. The van der Waals surface area contributed by atoms with Crippen molar-refractivity contribution < 1.29 is 14.4 Å². The van der Waals surface area contributed by atoms with Crippen molar-refractivity contribution in [3.63, 3.8) is 0 Å². The molecule has 3 aromatic carbocycles. The first-order chi connectivity index (χ1) is 14.2. The third kappa shape index (κ3) is 4.47. The summed E-state index contributed by atoms with van der Waals surface area (Å²) in [6, 6.07) is 28.5. The van der Waals surface area contributed by atoms with Gasteiger partial charge in [-0.3, -0.25) is 0 Å². The van der Waals surface area contributed by atoms with Crippen molar-refractivity contribution in [2.75, 3.05) is 16.9 Å². The molecule has 0 aliphatic carbocycles. The maximum Gasteiger partial charge on any atom is 0.343 e. The number of carbonyl (C=O) groups excluding carboxylic acids is 1. The summed E-state index contributed by atoms with van der Waals surface area (Å²) in [5, 5.41) is 5.12. The highest BCUT2D eigenvalue weighted by Crippen LogP contribution is 2.28. The smallest absolute Gasteiger partial charge is 0.343 e. The number of anilines is 2. The number of esters is 1. The molecule has 1 aliphatic rings. The number of rotatable bonds is 5. The summed E-state index contributed by atoms with van der Waals surface area (Å²) in [6.07, 6.45) is -0.640. The molecule has 3 aromatic rings. The van der Waals surface area contributed by atoms with Crippen LogP contribution < -0.4 is 10.4 Å². The molecule has 0 saturated carbocycles. The van der Waals surface area contributed by atoms with E-state index in [2.05, 4.69) is 5.32 Å². The normalized spacial score (nSPS) is 16.4. The van der Waals surface area contributed by atoms with Gasteiger partial charge in [0.05, 0.1) is 17.8 Å². The quantitative estimate of drug-likeness (QED) is 0.625. The van der Waals surface area contributed by atoms with Gasteiger partial charge in [-0.15, -0.1) is 0 Å². The highest BCUT2D eigenvalue weighted by Gasteiger charge is 2.31. The van der Waals surface area contributed by atoms with E-state index >= 15 is 0 Å². The summed E-state index contributed by atoms with van der Waals surface area (Å²) in [4.78, 5) is 18.8. The fraction of sp³-hybridized carbons (Fsp3) is 0.125. The molecular formula is C24H22N2O3. The lowest BCUT2D eigenvalue weighted by atomic mass is 10.1. The average Bonchev–Trinajstić information content (AvgIpc) is 2.77. The highest BCUT2D eigenvalue weighted by atomic mass is 16.7. The molecule has 1 aliphatic heterocycles. The van der Waals surface area contributed by atoms with E-state index in [4.69, 9.17) is 9.57 Å². The predicted octanol–water partition coefficient (Wildman–Crippen LogP) is 5.01. The molecule has 0 fully saturated rings. The van der Waals surface area contributed by atoms with Gasteiger partial charge in [-0.1, -0.05) is 54.6 Å². The minimum atomic E-state index is -0.640. The van der Waals surface area contributed by atoms with Gasteiger partial charge in [-0.05, 0) is 48.9 Å². The molecule has 29 heavy (non-hydrogen) atoms. The molecule has 0 saturated heterocycles. The SMILES string of the molecule is CC1=C(OC(=O)c2ccccc2)[C@H](Nc2ccccc2)ON(c2ccccc2)C1. The van der Waals surface area contributed by atoms with Crippen molar-refractivity contribution in [3.8, 4) is 0 Å². The van der Waals surface area contributed by atoms with Gasteiger partial charge in [-0.2, -0.15) is 0 Å². The molecule has 5 heteroatoms. The molecule has 0 unspecified atom stereocenters. The van der Waals surface area contributed by atoms with Gasteiger partial charge in [0, 0.05) is 5.69 Å². The molecule has 0 bridgehead atoms. The number of nitrogens with zero attached hydrogens (tertiary/aromatic N) is 1. The van der Waals surface area contributed by atoms with Gasteiger partial charge < -0.3 is 10.1 Å². The number of carbonyl (C=O) groups is 1. The summed E-state index contributed by atoms with van der Waals surface area (Å²) in [6.45, 7) is 2.44. The van der Waals surface area contributed by atoms with Crippen LogP contribution in [-0.4, -0.2) is 18.7 Å². The molecule has 1 atom stereocenters. The van der Waals surface area contributed by atoms with Crippen LogP contribution in [-0.2, 0) is 9.57 Å². The monoisotopic (exact) mass is 386 g/mol. The summed E-state index contributed by atoms with van der Waals surface area (Å²) < 4.78 is 5.79. The van der Waals surface area contributed by atoms with Crippen molar-refractivity contribution in [2.24, 2.45) is 0 Å². The zero-order valence-electron chi connectivity index (χ0n) is 16.1. The number of ether oxygens (including phenoxy) is 1. The first-order valence-electron chi connectivity index (χ1n) is 9.48. The Morgan fingerprint density at radius 2 is 1.52 bits per heavy atom. The topological polar surface area (TPSA) is 50.8 Å². The largest absolute Gasteiger partial charge is 0.422 e. The molecule has 0 spiro atoms. The summed E-state index contributed by atoms with van der Waals surface area (Å²) in [5.41, 5.74) is 3.21. The number of benzene rings is 3. The highest BCUT2D eigenvalue weighted by molar-refractivity contribution is 5.90. The molecule has 0 aromatic heterocycles. The Hall–Kier alpha value is -3.57. The van der Waals surface area contributed by atoms with Crippen molar-refractivity contribution in [1.82, 2.24) is 0 Å². The standard InChI is InChI=1S/C24H22N2O3/c1-18-17-26(21-15-9-4-10-16-21)29-23(25-20-13-7-3-8-14-20)22(18)28-24(27)19-11-5-2-6-12-19/h2-16,23,25H,17H2,1H3/t23-/m1/s1. The number of hydrogen-bond donors (Lipinski definition) is 1. The van der Waals surface area contributed by atoms with Gasteiger partial charge in [-0.25, -0.2) is 14.7 Å². The van der Waals surface area contributed by atoms with E-state index in [-0.39, 0.29) is 0 Å². The fourth-order valence-corrected chi connectivity index (χ4v) is 3.13. The predicted molar refractivity (Wildman–Crippen MR) is 113 cm³/mol. The zero-order chi connectivity index (χ0) is 20.1. The minimum absolute atomic E-state index is 0.406. The lowest BCUT2D eigenvalue weighted by Gasteiger charge is -2.36. The van der Waals surface area contributed by atoms with Crippen LogP contribution in [0.15, 0.2) is 102 Å². The third-order valence-corrected chi connectivity index (χ3v) is 4.60. The Morgan fingerprint density at radius 3 is 2.17 bits per heavy atom. The molecule has 0 amide bonds. The summed E-state index contributed by atoms with van der Waals surface area (Å²) >= 11 is 0. The fourth-order valence-electron chi connectivity index (χ4n) is 3.13. The van der Waals surface area contributed by atoms with E-state index in [0.717, 1.165) is 16.9 Å². The van der Waals surface area contributed by atoms with Crippen LogP contribution in [0.25, 0.3) is 0 Å². The van der Waals surface area contributed by atoms with Crippen molar-refractivity contribution in [1.29, 1.82) is 0 Å². The number of hydrogen-bond acceptors (Lipinski definition) is 5. The maximum atomic E-state index is 12.7. The Bertz CT molecular complexity index is 988. The maximum absolute atomic E-state index is 12.7. The number of para-hydroxylation sites is 2. The Morgan fingerprint density at radius 1 is 0.931 bits per heavy atom. The molecule has 5 nitrogen and oxygen atoms in total. The molecule has 146 valence electrons. The lowest BCUT2D eigenvalue weighted by Crippen LogP contribution is -2.43. The van der Waals surface area contributed by atoms with Crippen molar-refractivity contribution in [2.45, 2.75) is 13.2 Å². The van der Waals surface area contributed by atoms with Crippen LogP contribution in [0.3, 0.4) is 0 Å². The molecule has 4 rings (SSSR count). The first kappa shape index (κ1) is 18.8. The van der Waals surface area contributed by atoms with E-state index in [0.29, 0.717) is 17.9 Å². The van der Waals surface area contributed by atoms with Gasteiger partial charge in [0.2, 0.25) is 6.23 Å². The van der Waals surface area contributed by atoms with Gasteiger partial charge in [0.25, 0.3) is 0 Å². The third-order valence-electron chi connectivity index (χ3n) is 4.60. The van der Waals surface area contributed by atoms with Crippen LogP contribution in [0.1, 0.15) is 17.3 Å². The van der Waals surface area contributed by atoms with Crippen LogP contribution in [0.2, 0.25) is 0 Å². The Labute approximate surface area is 170 Å². The van der Waals surface area contributed by atoms with E-state index in [1.54, 1.807) is 17.2 Å². The summed E-state index contributed by atoms with van der Waals surface area (Å²) in [5.74, 6) is 0.0754. The number of nitrogens with one attached hydrogen (secondary N) is 1. The van der Waals surface area contributed by atoms with Crippen LogP contribution in [0.4, 0.5) is 11.4 Å². The minimum Gasteiger partial charge on any atom is -0.422 e. The Balaban J connectivity index is 1.62. The van der Waals surface area contributed by atoms with Crippen molar-refractivity contribution in [3.05, 3.63) is 108 Å². The van der Waals surface area contributed by atoms with Gasteiger partial charge >= 0.3 is 5.97 Å². The van der Waals surface area contributed by atoms with E-state index in [1.807, 2.05) is 85.8 Å². The van der Waals surface area contributed by atoms with Crippen LogP contribution in [0.5, 0.6) is 0 Å².